The van der Waals surface area contributed by atoms with Gasteiger partial charge in [-0.1, -0.05) is 40.9 Å². The molecule has 1 saturated carbocycles. The van der Waals surface area contributed by atoms with E-state index in [1.165, 1.54) is 44.1 Å². The number of hydrogen-bond acceptors (Lipinski definition) is 1. The molecule has 114 valence electrons. The zero-order valence-corrected chi connectivity index (χ0v) is 14.1. The van der Waals surface area contributed by atoms with Crippen molar-refractivity contribution in [3.63, 3.8) is 0 Å². The summed E-state index contributed by atoms with van der Waals surface area (Å²) in [6, 6.07) is 8.84. The minimum absolute atomic E-state index is 0.367. The van der Waals surface area contributed by atoms with E-state index in [2.05, 4.69) is 33.0 Å². The summed E-state index contributed by atoms with van der Waals surface area (Å²) >= 11 is 3.50. The molecule has 3 rings (SSSR count). The molecule has 2 unspecified atom stereocenters. The maximum Gasteiger partial charge on any atom is 0.223 e. The smallest absolute Gasteiger partial charge is 0.223 e. The summed E-state index contributed by atoms with van der Waals surface area (Å²) in [5.74, 6) is 1.15. The molecule has 1 saturated heterocycles. The first-order valence-corrected chi connectivity index (χ1v) is 9.07. The lowest BCUT2D eigenvalue weighted by atomic mass is 9.78. The highest BCUT2D eigenvalue weighted by molar-refractivity contribution is 9.10. The van der Waals surface area contributed by atoms with Crippen LogP contribution in [0.25, 0.3) is 0 Å². The minimum Gasteiger partial charge on any atom is -0.339 e. The van der Waals surface area contributed by atoms with Gasteiger partial charge in [-0.15, -0.1) is 0 Å². The molecule has 0 radical (unpaired) electrons. The summed E-state index contributed by atoms with van der Waals surface area (Å²) in [5.41, 5.74) is 1.25. The Morgan fingerprint density at radius 1 is 1.19 bits per heavy atom. The third-order valence-corrected chi connectivity index (χ3v) is 5.57. The lowest BCUT2D eigenvalue weighted by molar-refractivity contribution is -0.137. The lowest BCUT2D eigenvalue weighted by Gasteiger charge is -2.44. The standard InChI is InChI=1S/C18H24BrNO/c19-16-8-3-5-14(13-16)10-11-18(21)20-12-4-7-15-6-1-2-9-17(15)20/h3,5,8,13,15,17H,1-2,4,6-7,9-12H2. The first-order chi connectivity index (χ1) is 10.2. The Kier molecular flexibility index (Phi) is 4.99. The van der Waals surface area contributed by atoms with Crippen LogP contribution < -0.4 is 0 Å². The van der Waals surface area contributed by atoms with Crippen LogP contribution in [-0.4, -0.2) is 23.4 Å². The molecule has 0 spiro atoms. The summed E-state index contributed by atoms with van der Waals surface area (Å²) in [4.78, 5) is 14.8. The van der Waals surface area contributed by atoms with Gasteiger partial charge in [0.25, 0.3) is 0 Å². The van der Waals surface area contributed by atoms with Crippen LogP contribution in [0.2, 0.25) is 0 Å². The Bertz CT molecular complexity index is 500. The molecule has 2 nitrogen and oxygen atoms in total. The van der Waals surface area contributed by atoms with Crippen molar-refractivity contribution >= 4 is 21.8 Å². The predicted molar refractivity (Wildman–Crippen MR) is 89.2 cm³/mol. The number of fused-ring (bicyclic) bond motifs is 1. The van der Waals surface area contributed by atoms with Crippen molar-refractivity contribution in [1.29, 1.82) is 0 Å². The zero-order chi connectivity index (χ0) is 14.7. The van der Waals surface area contributed by atoms with Crippen molar-refractivity contribution in [2.75, 3.05) is 6.54 Å². The number of carbonyl (C=O) groups is 1. The summed E-state index contributed by atoms with van der Waals surface area (Å²) in [7, 11) is 0. The fourth-order valence-corrected chi connectivity index (χ4v) is 4.47. The van der Waals surface area contributed by atoms with Crippen LogP contribution in [-0.2, 0) is 11.2 Å². The molecule has 1 amide bonds. The third kappa shape index (κ3) is 3.68. The van der Waals surface area contributed by atoms with Gasteiger partial charge in [-0.3, -0.25) is 4.79 Å². The minimum atomic E-state index is 0.367. The van der Waals surface area contributed by atoms with Gasteiger partial charge in [-0.05, 0) is 55.7 Å². The number of hydrogen-bond donors (Lipinski definition) is 0. The molecule has 0 N–H and O–H groups in total. The Morgan fingerprint density at radius 2 is 2.00 bits per heavy atom. The fraction of sp³-hybridized carbons (Fsp3) is 0.611. The molecule has 1 heterocycles. The molecule has 1 aromatic carbocycles. The van der Waals surface area contributed by atoms with E-state index in [4.69, 9.17) is 0 Å². The van der Waals surface area contributed by atoms with Crippen LogP contribution >= 0.6 is 15.9 Å². The fourth-order valence-electron chi connectivity index (χ4n) is 4.02. The summed E-state index contributed by atoms with van der Waals surface area (Å²) in [5, 5.41) is 0. The highest BCUT2D eigenvalue weighted by Gasteiger charge is 2.35. The summed E-state index contributed by atoms with van der Waals surface area (Å²) < 4.78 is 1.10. The zero-order valence-electron chi connectivity index (χ0n) is 12.6. The molecule has 1 aliphatic heterocycles. The first-order valence-electron chi connectivity index (χ1n) is 8.28. The van der Waals surface area contributed by atoms with Crippen molar-refractivity contribution in [2.24, 2.45) is 5.92 Å². The number of likely N-dealkylation sites (tertiary alicyclic amines) is 1. The Balaban J connectivity index is 1.59. The van der Waals surface area contributed by atoms with E-state index in [1.807, 2.05) is 12.1 Å². The van der Waals surface area contributed by atoms with Gasteiger partial charge >= 0.3 is 0 Å². The van der Waals surface area contributed by atoms with E-state index >= 15 is 0 Å². The Hall–Kier alpha value is -0.830. The summed E-state index contributed by atoms with van der Waals surface area (Å²) in [6.45, 7) is 0.985. The Labute approximate surface area is 136 Å². The van der Waals surface area contributed by atoms with Gasteiger partial charge in [0.2, 0.25) is 5.91 Å². The molecule has 0 aromatic heterocycles. The number of carbonyl (C=O) groups excluding carboxylic acids is 1. The van der Waals surface area contributed by atoms with Gasteiger partial charge in [-0.2, -0.15) is 0 Å². The van der Waals surface area contributed by atoms with E-state index < -0.39 is 0 Å². The quantitative estimate of drug-likeness (QED) is 0.782. The number of aryl methyl sites for hydroxylation is 1. The number of amides is 1. The number of nitrogens with zero attached hydrogens (tertiary/aromatic N) is 1. The van der Waals surface area contributed by atoms with Crippen molar-refractivity contribution in [1.82, 2.24) is 4.90 Å². The Morgan fingerprint density at radius 3 is 2.86 bits per heavy atom. The monoisotopic (exact) mass is 349 g/mol. The third-order valence-electron chi connectivity index (χ3n) is 5.08. The van der Waals surface area contributed by atoms with Crippen LogP contribution in [0.5, 0.6) is 0 Å². The van der Waals surface area contributed by atoms with Crippen molar-refractivity contribution in [3.8, 4) is 0 Å². The number of piperidine rings is 1. The van der Waals surface area contributed by atoms with Crippen LogP contribution in [0.4, 0.5) is 0 Å². The van der Waals surface area contributed by atoms with Gasteiger partial charge in [0.1, 0.15) is 0 Å². The highest BCUT2D eigenvalue weighted by atomic mass is 79.9. The van der Waals surface area contributed by atoms with Gasteiger partial charge in [0.05, 0.1) is 0 Å². The van der Waals surface area contributed by atoms with Gasteiger partial charge in [0, 0.05) is 23.5 Å². The van der Waals surface area contributed by atoms with E-state index in [1.54, 1.807) is 0 Å². The van der Waals surface area contributed by atoms with Gasteiger partial charge in [-0.25, -0.2) is 0 Å². The normalized spacial score (nSPS) is 25.5. The molecule has 3 heteroatoms. The van der Waals surface area contributed by atoms with Crippen molar-refractivity contribution < 1.29 is 4.79 Å². The SMILES string of the molecule is O=C(CCc1cccc(Br)c1)N1CCCC2CCCCC21. The molecule has 1 aliphatic carbocycles. The first kappa shape index (κ1) is 15.1. The maximum absolute atomic E-state index is 12.6. The van der Waals surface area contributed by atoms with E-state index in [9.17, 15) is 4.79 Å². The summed E-state index contributed by atoms with van der Waals surface area (Å²) in [6.07, 6.45) is 9.26. The second kappa shape index (κ2) is 6.95. The highest BCUT2D eigenvalue weighted by Crippen LogP contribution is 2.35. The van der Waals surface area contributed by atoms with Crippen molar-refractivity contribution in [3.05, 3.63) is 34.3 Å². The van der Waals surface area contributed by atoms with E-state index in [0.717, 1.165) is 23.4 Å². The van der Waals surface area contributed by atoms with Gasteiger partial charge < -0.3 is 4.90 Å². The second-order valence-corrected chi connectivity index (χ2v) is 7.39. The van der Waals surface area contributed by atoms with Crippen molar-refractivity contribution in [2.45, 2.75) is 57.4 Å². The molecule has 2 atom stereocenters. The molecule has 21 heavy (non-hydrogen) atoms. The molecule has 0 bridgehead atoms. The van der Waals surface area contributed by atoms with E-state index in [-0.39, 0.29) is 0 Å². The van der Waals surface area contributed by atoms with Crippen LogP contribution in [0.15, 0.2) is 28.7 Å². The average molecular weight is 350 g/mol. The van der Waals surface area contributed by atoms with Gasteiger partial charge in [0.15, 0.2) is 0 Å². The van der Waals surface area contributed by atoms with Crippen LogP contribution in [0.3, 0.4) is 0 Å². The number of benzene rings is 1. The molecule has 2 aliphatic rings. The molecule has 1 aromatic rings. The average Bonchev–Trinajstić information content (AvgIpc) is 2.52. The largest absolute Gasteiger partial charge is 0.339 e. The maximum atomic E-state index is 12.6. The molecular formula is C18H24BrNO. The van der Waals surface area contributed by atoms with Crippen LogP contribution in [0.1, 0.15) is 50.5 Å². The second-order valence-electron chi connectivity index (χ2n) is 6.47. The van der Waals surface area contributed by atoms with E-state index in [0.29, 0.717) is 18.4 Å². The van der Waals surface area contributed by atoms with Crippen LogP contribution in [0, 0.1) is 5.92 Å². The molecular weight excluding hydrogens is 326 g/mol. The predicted octanol–water partition coefficient (Wildman–Crippen LogP) is 4.56. The number of halogens is 1. The molecule has 2 fully saturated rings. The topological polar surface area (TPSA) is 20.3 Å². The number of rotatable bonds is 3. The lowest BCUT2D eigenvalue weighted by Crippen LogP contribution is -2.49.